The summed E-state index contributed by atoms with van der Waals surface area (Å²) in [6.07, 6.45) is 3.20. The first kappa shape index (κ1) is 16.9. The number of amides is 1. The molecular formula is C18H16F2N2O3. The van der Waals surface area contributed by atoms with Gasteiger partial charge in [-0.2, -0.15) is 0 Å². The second-order valence-corrected chi connectivity index (χ2v) is 5.54. The molecule has 0 bridgehead atoms. The average molecular weight is 346 g/mol. The van der Waals surface area contributed by atoms with Crippen LogP contribution < -0.4 is 0 Å². The van der Waals surface area contributed by atoms with Crippen LogP contribution in [0.3, 0.4) is 0 Å². The quantitative estimate of drug-likeness (QED) is 0.681. The maximum atomic E-state index is 13.7. The van der Waals surface area contributed by atoms with Gasteiger partial charge in [0.1, 0.15) is 17.4 Å². The molecule has 0 aliphatic heterocycles. The standard InChI is InChI=1S/C18H16F2N2O3/c1-22(11-12-4-3-9-24-12)17(23)8-7-16-21-10-15(25-16)18-13(19)5-2-6-14(18)20/h2-6,9-10H,7-8,11H2,1H3. The Kier molecular flexibility index (Phi) is 4.92. The van der Waals surface area contributed by atoms with Gasteiger partial charge < -0.3 is 13.7 Å². The van der Waals surface area contributed by atoms with Crippen LogP contribution in [0, 0.1) is 11.6 Å². The van der Waals surface area contributed by atoms with Gasteiger partial charge in [0.25, 0.3) is 0 Å². The number of aromatic nitrogens is 1. The monoisotopic (exact) mass is 346 g/mol. The molecule has 1 amide bonds. The highest BCUT2D eigenvalue weighted by Gasteiger charge is 2.17. The molecule has 0 aliphatic carbocycles. The normalized spacial score (nSPS) is 10.8. The third kappa shape index (κ3) is 3.93. The van der Waals surface area contributed by atoms with Gasteiger partial charge in [0.15, 0.2) is 11.7 Å². The van der Waals surface area contributed by atoms with Crippen LogP contribution in [0.2, 0.25) is 0 Å². The van der Waals surface area contributed by atoms with Crippen molar-refractivity contribution in [3.05, 3.63) is 66.1 Å². The summed E-state index contributed by atoms with van der Waals surface area (Å²) < 4.78 is 38.1. The Labute approximate surface area is 142 Å². The maximum Gasteiger partial charge on any atom is 0.223 e. The van der Waals surface area contributed by atoms with Crippen molar-refractivity contribution in [2.24, 2.45) is 0 Å². The molecule has 7 heteroatoms. The first-order chi connectivity index (χ1) is 12.0. The van der Waals surface area contributed by atoms with Crippen molar-refractivity contribution in [3.63, 3.8) is 0 Å². The molecule has 0 spiro atoms. The Hall–Kier alpha value is -2.96. The lowest BCUT2D eigenvalue weighted by Gasteiger charge is -2.14. The summed E-state index contributed by atoms with van der Waals surface area (Å²) in [7, 11) is 1.67. The van der Waals surface area contributed by atoms with Gasteiger partial charge in [0.2, 0.25) is 5.91 Å². The number of aryl methyl sites for hydroxylation is 1. The number of benzene rings is 1. The minimum atomic E-state index is -0.725. The number of carbonyl (C=O) groups excluding carboxylic acids is 1. The number of halogens is 2. The second kappa shape index (κ2) is 7.29. The van der Waals surface area contributed by atoms with Crippen molar-refractivity contribution < 1.29 is 22.4 Å². The van der Waals surface area contributed by atoms with Crippen LogP contribution in [-0.2, 0) is 17.8 Å². The average Bonchev–Trinajstić information content (AvgIpc) is 3.24. The zero-order valence-corrected chi connectivity index (χ0v) is 13.5. The fourth-order valence-electron chi connectivity index (χ4n) is 2.40. The fourth-order valence-corrected chi connectivity index (χ4v) is 2.40. The van der Waals surface area contributed by atoms with E-state index in [0.29, 0.717) is 12.3 Å². The van der Waals surface area contributed by atoms with E-state index in [1.807, 2.05) is 0 Å². The molecular weight excluding hydrogens is 330 g/mol. The highest BCUT2D eigenvalue weighted by atomic mass is 19.1. The first-order valence-electron chi connectivity index (χ1n) is 7.70. The second-order valence-electron chi connectivity index (χ2n) is 5.54. The molecule has 2 aromatic heterocycles. The summed E-state index contributed by atoms with van der Waals surface area (Å²) in [4.78, 5) is 17.6. The van der Waals surface area contributed by atoms with Crippen LogP contribution in [0.4, 0.5) is 8.78 Å². The van der Waals surface area contributed by atoms with E-state index in [1.54, 1.807) is 25.4 Å². The topological polar surface area (TPSA) is 59.5 Å². The molecule has 0 saturated heterocycles. The summed E-state index contributed by atoms with van der Waals surface area (Å²) >= 11 is 0. The molecule has 0 N–H and O–H groups in total. The smallest absolute Gasteiger partial charge is 0.223 e. The van der Waals surface area contributed by atoms with Crippen LogP contribution in [0.25, 0.3) is 11.3 Å². The van der Waals surface area contributed by atoms with E-state index in [9.17, 15) is 13.6 Å². The predicted molar refractivity (Wildman–Crippen MR) is 85.4 cm³/mol. The molecule has 0 atom stereocenters. The van der Waals surface area contributed by atoms with Crippen LogP contribution in [-0.4, -0.2) is 22.8 Å². The predicted octanol–water partition coefficient (Wildman–Crippen LogP) is 3.80. The van der Waals surface area contributed by atoms with E-state index in [2.05, 4.69) is 4.98 Å². The molecule has 2 heterocycles. The molecule has 3 rings (SSSR count). The van der Waals surface area contributed by atoms with Crippen molar-refractivity contribution >= 4 is 5.91 Å². The lowest BCUT2D eigenvalue weighted by Crippen LogP contribution is -2.26. The molecule has 25 heavy (non-hydrogen) atoms. The highest BCUT2D eigenvalue weighted by Crippen LogP contribution is 2.26. The number of furan rings is 1. The van der Waals surface area contributed by atoms with Gasteiger partial charge >= 0.3 is 0 Å². The fraction of sp³-hybridized carbons (Fsp3) is 0.222. The zero-order chi connectivity index (χ0) is 17.8. The number of rotatable bonds is 6. The zero-order valence-electron chi connectivity index (χ0n) is 13.5. The van der Waals surface area contributed by atoms with Crippen molar-refractivity contribution in [2.45, 2.75) is 19.4 Å². The van der Waals surface area contributed by atoms with Gasteiger partial charge in [-0.1, -0.05) is 6.07 Å². The molecule has 130 valence electrons. The Balaban J connectivity index is 1.61. The molecule has 0 saturated carbocycles. The summed E-state index contributed by atoms with van der Waals surface area (Å²) in [5.74, 6) is -0.634. The third-order valence-corrected chi connectivity index (χ3v) is 3.71. The van der Waals surface area contributed by atoms with Crippen LogP contribution >= 0.6 is 0 Å². The number of oxazole rings is 1. The van der Waals surface area contributed by atoms with Crippen LogP contribution in [0.1, 0.15) is 18.1 Å². The molecule has 0 aliphatic rings. The van der Waals surface area contributed by atoms with E-state index < -0.39 is 11.6 Å². The molecule has 3 aromatic rings. The Morgan fingerprint density at radius 1 is 1.20 bits per heavy atom. The summed E-state index contributed by atoms with van der Waals surface area (Å²) in [5, 5.41) is 0. The van der Waals surface area contributed by atoms with Crippen LogP contribution in [0.5, 0.6) is 0 Å². The number of nitrogens with zero attached hydrogens (tertiary/aromatic N) is 2. The van der Waals surface area contributed by atoms with Crippen molar-refractivity contribution in [1.29, 1.82) is 0 Å². The molecule has 0 unspecified atom stereocenters. The minimum Gasteiger partial charge on any atom is -0.467 e. The van der Waals surface area contributed by atoms with Crippen LogP contribution in [0.15, 0.2) is 51.6 Å². The van der Waals surface area contributed by atoms with Crippen molar-refractivity contribution in [3.8, 4) is 11.3 Å². The SMILES string of the molecule is CN(Cc1ccco1)C(=O)CCc1ncc(-c2c(F)cccc2F)o1. The highest BCUT2D eigenvalue weighted by molar-refractivity contribution is 5.76. The Morgan fingerprint density at radius 2 is 1.96 bits per heavy atom. The van der Waals surface area contributed by atoms with E-state index in [0.717, 1.165) is 12.1 Å². The molecule has 0 fully saturated rings. The number of carbonyl (C=O) groups is 1. The lowest BCUT2D eigenvalue weighted by molar-refractivity contribution is -0.130. The molecule has 1 aromatic carbocycles. The summed E-state index contributed by atoms with van der Waals surface area (Å²) in [6.45, 7) is 0.364. The van der Waals surface area contributed by atoms with Gasteiger partial charge in [-0.3, -0.25) is 4.79 Å². The van der Waals surface area contributed by atoms with Gasteiger partial charge in [0.05, 0.1) is 24.6 Å². The first-order valence-corrected chi connectivity index (χ1v) is 7.70. The van der Waals surface area contributed by atoms with E-state index in [4.69, 9.17) is 8.83 Å². The van der Waals surface area contributed by atoms with Crippen molar-refractivity contribution in [1.82, 2.24) is 9.88 Å². The summed E-state index contributed by atoms with van der Waals surface area (Å²) in [6, 6.07) is 7.11. The Morgan fingerprint density at radius 3 is 2.64 bits per heavy atom. The molecule has 5 nitrogen and oxygen atoms in total. The van der Waals surface area contributed by atoms with Gasteiger partial charge in [-0.15, -0.1) is 0 Å². The van der Waals surface area contributed by atoms with E-state index in [-0.39, 0.29) is 36.0 Å². The lowest BCUT2D eigenvalue weighted by atomic mass is 10.1. The largest absolute Gasteiger partial charge is 0.467 e. The number of hydrogen-bond acceptors (Lipinski definition) is 4. The minimum absolute atomic E-state index is 0.00184. The summed E-state index contributed by atoms with van der Waals surface area (Å²) in [5.41, 5.74) is -0.262. The molecule has 0 radical (unpaired) electrons. The van der Waals surface area contributed by atoms with Gasteiger partial charge in [0, 0.05) is 19.9 Å². The Bertz CT molecular complexity index is 839. The van der Waals surface area contributed by atoms with Crippen molar-refractivity contribution in [2.75, 3.05) is 7.05 Å². The maximum absolute atomic E-state index is 13.7. The van der Waals surface area contributed by atoms with E-state index in [1.165, 1.54) is 17.2 Å². The third-order valence-electron chi connectivity index (χ3n) is 3.71. The van der Waals surface area contributed by atoms with Gasteiger partial charge in [-0.05, 0) is 24.3 Å². The van der Waals surface area contributed by atoms with Gasteiger partial charge in [-0.25, -0.2) is 13.8 Å². The number of hydrogen-bond donors (Lipinski definition) is 0. The van der Waals surface area contributed by atoms with E-state index >= 15 is 0 Å².